The number of benzene rings is 1. The number of ketones is 1. The Balaban J connectivity index is 2.55. The molecule has 1 unspecified atom stereocenters. The Morgan fingerprint density at radius 3 is 2.33 bits per heavy atom. The maximum atomic E-state index is 11.6. The van der Waals surface area contributed by atoms with Gasteiger partial charge in [0.1, 0.15) is 11.5 Å². The van der Waals surface area contributed by atoms with Crippen molar-refractivity contribution in [1.29, 1.82) is 0 Å². The van der Waals surface area contributed by atoms with Crippen LogP contribution in [0.2, 0.25) is 0 Å². The van der Waals surface area contributed by atoms with Crippen molar-refractivity contribution in [2.45, 2.75) is 40.0 Å². The Morgan fingerprint density at radius 2 is 1.83 bits per heavy atom. The second-order valence-electron chi connectivity index (χ2n) is 4.58. The molecule has 0 aliphatic heterocycles. The van der Waals surface area contributed by atoms with Crippen LogP contribution in [0.1, 0.15) is 39.2 Å². The Labute approximate surface area is 108 Å². The molecule has 1 aromatic carbocycles. The molecule has 0 N–H and O–H groups in total. The van der Waals surface area contributed by atoms with E-state index in [2.05, 4.69) is 0 Å². The fourth-order valence-corrected chi connectivity index (χ4v) is 1.43. The van der Waals surface area contributed by atoms with Crippen LogP contribution < -0.4 is 4.74 Å². The number of carbonyl (C=O) groups is 2. The SMILES string of the molecule is CCC(C)C(=O)Oc1ccc(CCC(C)=O)cc1. The predicted octanol–water partition coefficient (Wildman–Crippen LogP) is 3.16. The molecule has 1 atom stereocenters. The minimum Gasteiger partial charge on any atom is -0.426 e. The molecule has 1 aromatic rings. The van der Waals surface area contributed by atoms with E-state index in [4.69, 9.17) is 4.74 Å². The van der Waals surface area contributed by atoms with Crippen molar-refractivity contribution in [1.82, 2.24) is 0 Å². The van der Waals surface area contributed by atoms with E-state index in [-0.39, 0.29) is 17.7 Å². The normalized spacial score (nSPS) is 11.9. The van der Waals surface area contributed by atoms with Gasteiger partial charge >= 0.3 is 5.97 Å². The van der Waals surface area contributed by atoms with Crippen molar-refractivity contribution < 1.29 is 14.3 Å². The summed E-state index contributed by atoms with van der Waals surface area (Å²) in [5, 5.41) is 0. The number of ether oxygens (including phenoxy) is 1. The van der Waals surface area contributed by atoms with Crippen molar-refractivity contribution in [3.8, 4) is 5.75 Å². The van der Waals surface area contributed by atoms with Gasteiger partial charge in [0.25, 0.3) is 0 Å². The standard InChI is InChI=1S/C15H20O3/c1-4-11(2)15(17)18-14-9-7-13(8-10-14)6-5-12(3)16/h7-11H,4-6H2,1-3H3. The highest BCUT2D eigenvalue weighted by Crippen LogP contribution is 2.15. The lowest BCUT2D eigenvalue weighted by atomic mass is 10.1. The summed E-state index contributed by atoms with van der Waals surface area (Å²) in [4.78, 5) is 22.4. The number of aryl methyl sites for hydroxylation is 1. The second kappa shape index (κ2) is 6.94. The van der Waals surface area contributed by atoms with Crippen molar-refractivity contribution in [3.05, 3.63) is 29.8 Å². The van der Waals surface area contributed by atoms with Crippen LogP contribution in [-0.4, -0.2) is 11.8 Å². The third-order valence-corrected chi connectivity index (χ3v) is 2.92. The van der Waals surface area contributed by atoms with Crippen molar-refractivity contribution >= 4 is 11.8 Å². The van der Waals surface area contributed by atoms with Crippen molar-refractivity contribution in [2.24, 2.45) is 5.92 Å². The van der Waals surface area contributed by atoms with Crippen molar-refractivity contribution in [3.63, 3.8) is 0 Å². The van der Waals surface area contributed by atoms with Gasteiger partial charge in [-0.15, -0.1) is 0 Å². The fraction of sp³-hybridized carbons (Fsp3) is 0.467. The van der Waals surface area contributed by atoms with Gasteiger partial charge in [-0.3, -0.25) is 4.79 Å². The molecule has 3 heteroatoms. The van der Waals surface area contributed by atoms with Gasteiger partial charge in [0.05, 0.1) is 5.92 Å². The second-order valence-corrected chi connectivity index (χ2v) is 4.58. The summed E-state index contributed by atoms with van der Waals surface area (Å²) in [6.07, 6.45) is 2.05. The zero-order valence-corrected chi connectivity index (χ0v) is 11.2. The maximum Gasteiger partial charge on any atom is 0.314 e. The molecular weight excluding hydrogens is 228 g/mol. The molecule has 98 valence electrons. The summed E-state index contributed by atoms with van der Waals surface area (Å²) < 4.78 is 5.24. The summed E-state index contributed by atoms with van der Waals surface area (Å²) >= 11 is 0. The highest BCUT2D eigenvalue weighted by molar-refractivity contribution is 5.76. The Hall–Kier alpha value is -1.64. The smallest absolute Gasteiger partial charge is 0.314 e. The van der Waals surface area contributed by atoms with Gasteiger partial charge in [-0.1, -0.05) is 26.0 Å². The van der Waals surface area contributed by atoms with Gasteiger partial charge in [0.2, 0.25) is 0 Å². The number of hydrogen-bond acceptors (Lipinski definition) is 3. The van der Waals surface area contributed by atoms with E-state index in [1.807, 2.05) is 26.0 Å². The van der Waals surface area contributed by atoms with Crippen LogP contribution in [0.3, 0.4) is 0 Å². The van der Waals surface area contributed by atoms with Crippen molar-refractivity contribution in [2.75, 3.05) is 0 Å². The quantitative estimate of drug-likeness (QED) is 0.573. The molecular formula is C15H20O3. The first-order chi connectivity index (χ1) is 8.52. The van der Waals surface area contributed by atoms with Gasteiger partial charge in [-0.25, -0.2) is 0 Å². The van der Waals surface area contributed by atoms with Gasteiger partial charge < -0.3 is 9.53 Å². The molecule has 0 aromatic heterocycles. The first kappa shape index (κ1) is 14.4. The highest BCUT2D eigenvalue weighted by Gasteiger charge is 2.12. The van der Waals surface area contributed by atoms with E-state index in [1.54, 1.807) is 19.1 Å². The minimum atomic E-state index is -0.200. The molecule has 18 heavy (non-hydrogen) atoms. The van der Waals surface area contributed by atoms with E-state index >= 15 is 0 Å². The van der Waals surface area contributed by atoms with E-state index in [1.165, 1.54) is 0 Å². The topological polar surface area (TPSA) is 43.4 Å². The van der Waals surface area contributed by atoms with Gasteiger partial charge in [0.15, 0.2) is 0 Å². The lowest BCUT2D eigenvalue weighted by Gasteiger charge is -2.09. The Morgan fingerprint density at radius 1 is 1.22 bits per heavy atom. The Kier molecular flexibility index (Phi) is 5.56. The molecule has 0 aliphatic carbocycles. The summed E-state index contributed by atoms with van der Waals surface area (Å²) in [5.41, 5.74) is 1.08. The van der Waals surface area contributed by atoms with Crippen LogP contribution in [-0.2, 0) is 16.0 Å². The number of carbonyl (C=O) groups excluding carboxylic acids is 2. The van der Waals surface area contributed by atoms with E-state index in [0.717, 1.165) is 18.4 Å². The first-order valence-corrected chi connectivity index (χ1v) is 6.33. The molecule has 0 aliphatic rings. The number of rotatable bonds is 6. The average molecular weight is 248 g/mol. The van der Waals surface area contributed by atoms with Gasteiger partial charge in [-0.05, 0) is 37.5 Å². The van der Waals surface area contributed by atoms with Crippen LogP contribution in [0.15, 0.2) is 24.3 Å². The third kappa shape index (κ3) is 4.70. The Bertz CT molecular complexity index is 406. The van der Waals surface area contributed by atoms with Crippen LogP contribution >= 0.6 is 0 Å². The molecule has 0 heterocycles. The lowest BCUT2D eigenvalue weighted by Crippen LogP contribution is -2.16. The highest BCUT2D eigenvalue weighted by atomic mass is 16.5. The number of hydrogen-bond donors (Lipinski definition) is 0. The zero-order chi connectivity index (χ0) is 13.5. The molecule has 0 fully saturated rings. The fourth-order valence-electron chi connectivity index (χ4n) is 1.43. The largest absolute Gasteiger partial charge is 0.426 e. The predicted molar refractivity (Wildman–Crippen MR) is 70.5 cm³/mol. The average Bonchev–Trinajstić information content (AvgIpc) is 2.36. The maximum absolute atomic E-state index is 11.6. The van der Waals surface area contributed by atoms with Gasteiger partial charge in [0, 0.05) is 6.42 Å². The molecule has 0 saturated heterocycles. The van der Waals surface area contributed by atoms with E-state index < -0.39 is 0 Å². The van der Waals surface area contributed by atoms with Crippen LogP contribution in [0.25, 0.3) is 0 Å². The van der Waals surface area contributed by atoms with Crippen LogP contribution in [0.5, 0.6) is 5.75 Å². The first-order valence-electron chi connectivity index (χ1n) is 6.33. The summed E-state index contributed by atoms with van der Waals surface area (Å²) in [7, 11) is 0. The molecule has 3 nitrogen and oxygen atoms in total. The van der Waals surface area contributed by atoms with E-state index in [0.29, 0.717) is 12.2 Å². The number of Topliss-reactive ketones (excluding diaryl/α,β-unsaturated/α-hetero) is 1. The monoisotopic (exact) mass is 248 g/mol. The summed E-state index contributed by atoms with van der Waals surface area (Å²) in [5.74, 6) is 0.463. The van der Waals surface area contributed by atoms with Crippen LogP contribution in [0.4, 0.5) is 0 Å². The molecule has 0 amide bonds. The number of esters is 1. The lowest BCUT2D eigenvalue weighted by molar-refractivity contribution is -0.138. The van der Waals surface area contributed by atoms with E-state index in [9.17, 15) is 9.59 Å². The third-order valence-electron chi connectivity index (χ3n) is 2.92. The molecule has 0 saturated carbocycles. The summed E-state index contributed by atoms with van der Waals surface area (Å²) in [6, 6.07) is 7.33. The summed E-state index contributed by atoms with van der Waals surface area (Å²) in [6.45, 7) is 5.39. The molecule has 0 spiro atoms. The molecule has 0 radical (unpaired) electrons. The zero-order valence-electron chi connectivity index (χ0n) is 11.2. The molecule has 0 bridgehead atoms. The van der Waals surface area contributed by atoms with Gasteiger partial charge in [-0.2, -0.15) is 0 Å². The minimum absolute atomic E-state index is 0.0811. The molecule has 1 rings (SSSR count). The van der Waals surface area contributed by atoms with Crippen LogP contribution in [0, 0.1) is 5.92 Å².